The van der Waals surface area contributed by atoms with Crippen molar-refractivity contribution in [2.45, 2.75) is 38.0 Å². The van der Waals surface area contributed by atoms with Crippen LogP contribution in [0.1, 0.15) is 16.7 Å². The molecule has 0 amide bonds. The summed E-state index contributed by atoms with van der Waals surface area (Å²) in [7, 11) is 0. The van der Waals surface area contributed by atoms with Crippen LogP contribution in [0, 0.1) is 20.8 Å². The molecule has 13 heavy (non-hydrogen) atoms. The van der Waals surface area contributed by atoms with E-state index in [2.05, 4.69) is 50.2 Å². The van der Waals surface area contributed by atoms with Crippen LogP contribution in [0.3, 0.4) is 0 Å². The third-order valence-corrected chi connectivity index (χ3v) is 7.03. The number of hydrogen-bond acceptors (Lipinski definition) is 0. The van der Waals surface area contributed by atoms with Gasteiger partial charge in [-0.05, 0) is 0 Å². The van der Waals surface area contributed by atoms with E-state index in [-0.39, 0.29) is 0 Å². The van der Waals surface area contributed by atoms with Crippen molar-refractivity contribution >= 4 is 17.7 Å². The molecule has 0 aromatic heterocycles. The van der Waals surface area contributed by atoms with Gasteiger partial charge < -0.3 is 0 Å². The normalized spacial score (nSPS) is 11.8. The third-order valence-electron chi connectivity index (χ3n) is 2.79. The van der Waals surface area contributed by atoms with Gasteiger partial charge in [0.2, 0.25) is 0 Å². The maximum atomic E-state index is 2.45. The Morgan fingerprint density at radius 2 is 1.23 bits per heavy atom. The number of hydrogen-bond donors (Lipinski definition) is 0. The standard InChI is InChI=1S/C12H20Ge/c1-9-7-12(13(4,5)6)8-10(2)11(9)3/h7-8H,1-6H3. The van der Waals surface area contributed by atoms with Crippen LogP contribution in [0.4, 0.5) is 0 Å². The summed E-state index contributed by atoms with van der Waals surface area (Å²) in [6.07, 6.45) is 0. The monoisotopic (exact) mass is 238 g/mol. The van der Waals surface area contributed by atoms with E-state index in [1.807, 2.05) is 0 Å². The molecule has 0 N–H and O–H groups in total. The van der Waals surface area contributed by atoms with Crippen LogP contribution >= 0.6 is 0 Å². The van der Waals surface area contributed by atoms with Gasteiger partial charge in [0.25, 0.3) is 0 Å². The molecule has 0 saturated heterocycles. The third kappa shape index (κ3) is 2.37. The second kappa shape index (κ2) is 3.49. The molecule has 72 valence electrons. The van der Waals surface area contributed by atoms with Gasteiger partial charge in [-0.15, -0.1) is 0 Å². The Morgan fingerprint density at radius 1 is 0.846 bits per heavy atom. The van der Waals surface area contributed by atoms with Gasteiger partial charge in [0.15, 0.2) is 0 Å². The Labute approximate surface area is 84.7 Å². The second-order valence-electron chi connectivity index (χ2n) is 4.99. The first-order valence-corrected chi connectivity index (χ1v) is 12.2. The molecule has 0 unspecified atom stereocenters. The van der Waals surface area contributed by atoms with E-state index in [4.69, 9.17) is 0 Å². The molecule has 1 aromatic rings. The Bertz CT molecular complexity index is 295. The quantitative estimate of drug-likeness (QED) is 0.658. The van der Waals surface area contributed by atoms with Gasteiger partial charge in [0, 0.05) is 0 Å². The van der Waals surface area contributed by atoms with Crippen LogP contribution in [0.15, 0.2) is 12.1 Å². The molecule has 0 nitrogen and oxygen atoms in total. The van der Waals surface area contributed by atoms with Crippen molar-refractivity contribution in [2.24, 2.45) is 0 Å². The molecule has 0 atom stereocenters. The Balaban J connectivity index is 3.29. The Morgan fingerprint density at radius 3 is 1.54 bits per heavy atom. The molecule has 0 aliphatic heterocycles. The second-order valence-corrected chi connectivity index (χ2v) is 15.6. The van der Waals surface area contributed by atoms with E-state index in [0.717, 1.165) is 0 Å². The van der Waals surface area contributed by atoms with Gasteiger partial charge in [-0.1, -0.05) is 0 Å². The predicted molar refractivity (Wildman–Crippen MR) is 63.6 cm³/mol. The zero-order chi connectivity index (χ0) is 10.2. The fourth-order valence-corrected chi connectivity index (χ4v) is 4.19. The number of aryl methyl sites for hydroxylation is 2. The van der Waals surface area contributed by atoms with Crippen LogP contribution in [0.2, 0.25) is 17.3 Å². The fraction of sp³-hybridized carbons (Fsp3) is 0.500. The average Bonchev–Trinajstić information content (AvgIpc) is 1.97. The van der Waals surface area contributed by atoms with Crippen LogP contribution in [0.25, 0.3) is 0 Å². The molecule has 0 aliphatic rings. The first-order chi connectivity index (χ1) is 5.82. The molecule has 1 heteroatoms. The van der Waals surface area contributed by atoms with Gasteiger partial charge >= 0.3 is 84.5 Å². The van der Waals surface area contributed by atoms with E-state index in [1.165, 1.54) is 16.7 Å². The summed E-state index contributed by atoms with van der Waals surface area (Å²) in [5, 5.41) is 0. The van der Waals surface area contributed by atoms with Crippen LogP contribution < -0.4 is 4.40 Å². The molecule has 0 bridgehead atoms. The zero-order valence-electron chi connectivity index (χ0n) is 9.65. The van der Waals surface area contributed by atoms with Gasteiger partial charge in [-0.3, -0.25) is 0 Å². The van der Waals surface area contributed by atoms with Crippen molar-refractivity contribution < 1.29 is 0 Å². The Kier molecular flexibility index (Phi) is 2.91. The molecular weight excluding hydrogens is 217 g/mol. The summed E-state index contributed by atoms with van der Waals surface area (Å²) >= 11 is -1.60. The van der Waals surface area contributed by atoms with Crippen LogP contribution in [-0.4, -0.2) is 13.3 Å². The van der Waals surface area contributed by atoms with Gasteiger partial charge in [0.1, 0.15) is 0 Å². The van der Waals surface area contributed by atoms with Gasteiger partial charge in [-0.2, -0.15) is 0 Å². The summed E-state index contributed by atoms with van der Waals surface area (Å²) in [6.45, 7) is 6.66. The zero-order valence-corrected chi connectivity index (χ0v) is 11.8. The summed E-state index contributed by atoms with van der Waals surface area (Å²) in [5.74, 6) is 7.34. The minimum atomic E-state index is -1.60. The number of rotatable bonds is 1. The first-order valence-electron chi connectivity index (χ1n) is 4.90. The average molecular weight is 237 g/mol. The van der Waals surface area contributed by atoms with Crippen molar-refractivity contribution in [3.63, 3.8) is 0 Å². The van der Waals surface area contributed by atoms with E-state index >= 15 is 0 Å². The van der Waals surface area contributed by atoms with Crippen LogP contribution in [0.5, 0.6) is 0 Å². The molecule has 0 radical (unpaired) electrons. The fourth-order valence-electron chi connectivity index (χ4n) is 1.47. The van der Waals surface area contributed by atoms with Gasteiger partial charge in [0.05, 0.1) is 0 Å². The Hall–Kier alpha value is -0.237. The molecule has 0 heterocycles. The molecule has 0 spiro atoms. The van der Waals surface area contributed by atoms with E-state index in [9.17, 15) is 0 Å². The molecule has 1 aromatic carbocycles. The predicted octanol–water partition coefficient (Wildman–Crippen LogP) is 3.16. The van der Waals surface area contributed by atoms with Crippen molar-refractivity contribution in [1.82, 2.24) is 0 Å². The summed E-state index contributed by atoms with van der Waals surface area (Å²) < 4.78 is 1.63. The van der Waals surface area contributed by atoms with E-state index < -0.39 is 13.3 Å². The van der Waals surface area contributed by atoms with Crippen molar-refractivity contribution in [3.8, 4) is 0 Å². The van der Waals surface area contributed by atoms with Crippen molar-refractivity contribution in [1.29, 1.82) is 0 Å². The molecule has 1 rings (SSSR count). The van der Waals surface area contributed by atoms with E-state index in [1.54, 1.807) is 4.40 Å². The first kappa shape index (κ1) is 10.8. The van der Waals surface area contributed by atoms with Crippen molar-refractivity contribution in [3.05, 3.63) is 28.8 Å². The van der Waals surface area contributed by atoms with Gasteiger partial charge in [-0.25, -0.2) is 0 Å². The maximum absolute atomic E-state index is 2.45. The summed E-state index contributed by atoms with van der Waals surface area (Å²) in [4.78, 5) is 0. The summed E-state index contributed by atoms with van der Waals surface area (Å²) in [6, 6.07) is 4.78. The topological polar surface area (TPSA) is 0 Å². The van der Waals surface area contributed by atoms with E-state index in [0.29, 0.717) is 0 Å². The molecule has 0 aliphatic carbocycles. The molecular formula is C12H20Ge. The SMILES string of the molecule is Cc1c[c]([Ge]([CH3])([CH3])[CH3])cc(C)c1C. The van der Waals surface area contributed by atoms with Crippen molar-refractivity contribution in [2.75, 3.05) is 0 Å². The molecule has 0 fully saturated rings. The van der Waals surface area contributed by atoms with Crippen LogP contribution in [-0.2, 0) is 0 Å². The summed E-state index contributed by atoms with van der Waals surface area (Å²) in [5.41, 5.74) is 4.36. The number of benzene rings is 1. The molecule has 0 saturated carbocycles. The minimum absolute atomic E-state index is 1.45.